The third-order valence-electron chi connectivity index (χ3n) is 11.5. The van der Waals surface area contributed by atoms with E-state index in [0.717, 1.165) is 5.56 Å². The maximum absolute atomic E-state index is 16.0. The smallest absolute Gasteiger partial charge is 0.410 e. The summed E-state index contributed by atoms with van der Waals surface area (Å²) in [6.07, 6.45) is 0.190. The number of piperidine rings is 1. The van der Waals surface area contributed by atoms with E-state index in [4.69, 9.17) is 24.7 Å². The third kappa shape index (κ3) is 11.5. The van der Waals surface area contributed by atoms with E-state index in [1.54, 1.807) is 88.5 Å². The van der Waals surface area contributed by atoms with Crippen LogP contribution in [0.2, 0.25) is 0 Å². The molecule has 5 aromatic rings. The molecule has 2 atom stereocenters. The lowest BCUT2D eigenvalue weighted by molar-refractivity contribution is -0.120. The molecule has 67 heavy (non-hydrogen) atoms. The van der Waals surface area contributed by atoms with Crippen molar-refractivity contribution in [3.63, 3.8) is 0 Å². The van der Waals surface area contributed by atoms with Crippen LogP contribution in [-0.2, 0) is 49.2 Å². The quantitative estimate of drug-likeness (QED) is 0.128. The summed E-state index contributed by atoms with van der Waals surface area (Å²) in [4.78, 5) is 29.9. The molecule has 0 radical (unpaired) electrons. The fraction of sp³-hybridized carbons (Fsp3) is 0.413. The van der Waals surface area contributed by atoms with Gasteiger partial charge in [-0.1, -0.05) is 36.4 Å². The highest BCUT2D eigenvalue weighted by atomic mass is 32.2. The van der Waals surface area contributed by atoms with Gasteiger partial charge in [0.25, 0.3) is 0 Å². The van der Waals surface area contributed by atoms with Crippen LogP contribution in [0.4, 0.5) is 10.5 Å². The Hall–Kier alpha value is -6.13. The van der Waals surface area contributed by atoms with Gasteiger partial charge in [-0.05, 0) is 117 Å². The average molecular weight is 960 g/mol. The van der Waals surface area contributed by atoms with E-state index in [2.05, 4.69) is 20.1 Å². The zero-order chi connectivity index (χ0) is 48.1. The van der Waals surface area contributed by atoms with Crippen LogP contribution < -0.4 is 29.6 Å². The van der Waals surface area contributed by atoms with Crippen molar-refractivity contribution in [1.29, 1.82) is 0 Å². The molecule has 2 fully saturated rings. The van der Waals surface area contributed by atoms with Crippen molar-refractivity contribution in [3.8, 4) is 28.6 Å². The number of hydrogen-bond donors (Lipinski definition) is 2. The Morgan fingerprint density at radius 3 is 1.90 bits per heavy atom. The van der Waals surface area contributed by atoms with Gasteiger partial charge in [0.1, 0.15) is 32.6 Å². The van der Waals surface area contributed by atoms with Crippen LogP contribution in [-0.4, -0.2) is 117 Å². The second kappa shape index (κ2) is 20.4. The number of carbonyl (C=O) groups excluding carboxylic acids is 2. The monoisotopic (exact) mass is 959 g/mol. The van der Waals surface area contributed by atoms with Crippen molar-refractivity contribution in [1.82, 2.24) is 34.1 Å². The molecule has 4 aromatic carbocycles. The molecular weight excluding hydrogens is 903 g/mol. The second-order valence-electron chi connectivity index (χ2n) is 17.4. The number of amides is 2. The first-order chi connectivity index (χ1) is 31.9. The van der Waals surface area contributed by atoms with Gasteiger partial charge in [-0.3, -0.25) is 4.79 Å². The van der Waals surface area contributed by atoms with E-state index >= 15 is 16.8 Å². The highest BCUT2D eigenvalue weighted by Crippen LogP contribution is 2.42. The van der Waals surface area contributed by atoms with Crippen LogP contribution in [0.1, 0.15) is 56.7 Å². The van der Waals surface area contributed by atoms with Gasteiger partial charge in [0.15, 0.2) is 0 Å². The summed E-state index contributed by atoms with van der Waals surface area (Å²) < 4.78 is 87.6. The number of anilines is 1. The Bertz CT molecular complexity index is 2710. The molecule has 0 aliphatic carbocycles. The number of benzene rings is 4. The summed E-state index contributed by atoms with van der Waals surface area (Å²) in [6.45, 7) is 5.45. The van der Waals surface area contributed by atoms with Gasteiger partial charge in [-0.25, -0.2) is 26.4 Å². The van der Waals surface area contributed by atoms with E-state index in [1.165, 1.54) is 45.3 Å². The third-order valence-corrected chi connectivity index (χ3v) is 15.1. The van der Waals surface area contributed by atoms with Crippen molar-refractivity contribution in [2.45, 2.75) is 81.1 Å². The number of sulfonamides is 2. The normalized spacial score (nSPS) is 16.9. The summed E-state index contributed by atoms with van der Waals surface area (Å²) in [5, 5.41) is 13.3. The van der Waals surface area contributed by atoms with E-state index in [-0.39, 0.29) is 87.6 Å². The average Bonchev–Trinajstić information content (AvgIpc) is 3.98. The molecule has 0 unspecified atom stereocenters. The Morgan fingerprint density at radius 1 is 0.806 bits per heavy atom. The standard InChI is InChI=1S/C46H57N9O10S2/c1-46(2,3)65-45(57)52-23-22-35(30-52)50-66(58,59)40-20-19-39(54-24-21-34(26-47)25-41(54)56)42(44-48-51-55(49-44)29-33-11-17-38(64-6)18-12-33)43(40)67(60,61)53(27-31-7-13-36(62-4)14-8-31)28-32-9-15-37(63-5)16-10-32/h7-20,34-35,50H,21-30,47H2,1-6H3/t34-,35-/m1/s1. The number of nitrogens with zero attached hydrogens (tertiary/aromatic N) is 7. The molecule has 3 heterocycles. The molecule has 0 spiro atoms. The number of nitrogens with one attached hydrogen (secondary N) is 1. The first-order valence-corrected chi connectivity index (χ1v) is 24.7. The lowest BCUT2D eigenvalue weighted by Gasteiger charge is -2.33. The Labute approximate surface area is 391 Å². The molecular formula is C46H57N9O10S2. The molecule has 0 bridgehead atoms. The molecule has 7 rings (SSSR count). The van der Waals surface area contributed by atoms with E-state index < -0.39 is 47.6 Å². The minimum atomic E-state index is -4.97. The van der Waals surface area contributed by atoms with Crippen molar-refractivity contribution >= 4 is 37.7 Å². The Kier molecular flexibility index (Phi) is 14.9. The zero-order valence-electron chi connectivity index (χ0n) is 38.4. The summed E-state index contributed by atoms with van der Waals surface area (Å²) in [7, 11) is -5.15. The fourth-order valence-corrected chi connectivity index (χ4v) is 11.6. The van der Waals surface area contributed by atoms with Gasteiger partial charge in [0.2, 0.25) is 31.8 Å². The SMILES string of the molecule is COc1ccc(CN(Cc2ccc(OC)cc2)S(=O)(=O)c2c(S(=O)(=O)N[C@@H]3CCN(C(=O)OC(C)(C)C)C3)ccc(N3CC[C@@H](CN)CC3=O)c2-c2nnn(Cc3ccc(OC)cc3)n2)cc1. The highest BCUT2D eigenvalue weighted by molar-refractivity contribution is 7.92. The van der Waals surface area contributed by atoms with Gasteiger partial charge in [0.05, 0.1) is 39.1 Å². The lowest BCUT2D eigenvalue weighted by Crippen LogP contribution is -2.42. The number of hydrogen-bond acceptors (Lipinski definition) is 14. The van der Waals surface area contributed by atoms with Crippen LogP contribution in [0.3, 0.4) is 0 Å². The molecule has 19 nitrogen and oxygen atoms in total. The van der Waals surface area contributed by atoms with Gasteiger partial charge < -0.3 is 34.5 Å². The number of rotatable bonds is 17. The maximum atomic E-state index is 16.0. The fourth-order valence-electron chi connectivity index (χ4n) is 7.97. The first-order valence-electron chi connectivity index (χ1n) is 21.8. The van der Waals surface area contributed by atoms with E-state index in [9.17, 15) is 9.59 Å². The Balaban J connectivity index is 1.42. The van der Waals surface area contributed by atoms with Crippen LogP contribution in [0.25, 0.3) is 11.4 Å². The van der Waals surface area contributed by atoms with Crippen molar-refractivity contribution in [3.05, 3.63) is 102 Å². The minimum absolute atomic E-state index is 0.0337. The summed E-state index contributed by atoms with van der Waals surface area (Å²) in [5.74, 6) is 1.04. The Morgan fingerprint density at radius 2 is 1.37 bits per heavy atom. The number of likely N-dealkylation sites (tertiary alicyclic amines) is 1. The summed E-state index contributed by atoms with van der Waals surface area (Å²) in [5.41, 5.74) is 6.95. The number of ether oxygens (including phenoxy) is 4. The number of nitrogens with two attached hydrogens (primary N) is 1. The molecule has 2 saturated heterocycles. The van der Waals surface area contributed by atoms with Crippen molar-refractivity contribution in [2.75, 3.05) is 52.4 Å². The highest BCUT2D eigenvalue weighted by Gasteiger charge is 2.41. The zero-order valence-corrected chi connectivity index (χ0v) is 40.0. The predicted octanol–water partition coefficient (Wildman–Crippen LogP) is 4.79. The molecule has 0 saturated carbocycles. The van der Waals surface area contributed by atoms with Gasteiger partial charge in [-0.2, -0.15) is 9.10 Å². The first kappa shape index (κ1) is 48.8. The molecule has 1 aromatic heterocycles. The van der Waals surface area contributed by atoms with E-state index in [0.29, 0.717) is 34.8 Å². The van der Waals surface area contributed by atoms with Crippen LogP contribution in [0, 0.1) is 5.92 Å². The van der Waals surface area contributed by atoms with Crippen molar-refractivity contribution in [2.24, 2.45) is 11.7 Å². The van der Waals surface area contributed by atoms with Crippen LogP contribution in [0.15, 0.2) is 94.7 Å². The number of aromatic nitrogens is 4. The van der Waals surface area contributed by atoms with Crippen LogP contribution >= 0.6 is 0 Å². The lowest BCUT2D eigenvalue weighted by atomic mass is 9.95. The van der Waals surface area contributed by atoms with E-state index in [1.807, 2.05) is 12.1 Å². The number of carbonyl (C=O) groups is 2. The van der Waals surface area contributed by atoms with Gasteiger partial charge >= 0.3 is 6.09 Å². The summed E-state index contributed by atoms with van der Waals surface area (Å²) in [6, 6.07) is 22.6. The summed E-state index contributed by atoms with van der Waals surface area (Å²) >= 11 is 0. The van der Waals surface area contributed by atoms with Crippen LogP contribution in [0.5, 0.6) is 17.2 Å². The number of methoxy groups -OCH3 is 3. The molecule has 2 aliphatic heterocycles. The predicted molar refractivity (Wildman–Crippen MR) is 248 cm³/mol. The van der Waals surface area contributed by atoms with Crippen molar-refractivity contribution < 1.29 is 45.4 Å². The molecule has 2 aliphatic rings. The number of tetrazole rings is 1. The largest absolute Gasteiger partial charge is 0.497 e. The van der Waals surface area contributed by atoms with Gasteiger partial charge in [0, 0.05) is 45.2 Å². The maximum Gasteiger partial charge on any atom is 0.410 e. The topological polar surface area (TPSA) is 231 Å². The molecule has 2 amide bonds. The van der Waals surface area contributed by atoms with Gasteiger partial charge in [-0.15, -0.1) is 10.2 Å². The molecule has 21 heteroatoms. The molecule has 3 N–H and O–H groups in total. The second-order valence-corrected chi connectivity index (χ2v) is 21.0. The molecule has 358 valence electrons. The minimum Gasteiger partial charge on any atom is -0.497 e.